The molecule has 98 valence electrons. The van der Waals surface area contributed by atoms with Crippen LogP contribution in [0, 0.1) is 0 Å². The van der Waals surface area contributed by atoms with Gasteiger partial charge >= 0.3 is 0 Å². The molecule has 0 aromatic carbocycles. The average Bonchev–Trinajstić information content (AvgIpc) is 2.95. The minimum atomic E-state index is -0.460. The Morgan fingerprint density at radius 1 is 1.44 bits per heavy atom. The van der Waals surface area contributed by atoms with Gasteiger partial charge in [0.15, 0.2) is 0 Å². The van der Waals surface area contributed by atoms with Gasteiger partial charge in [-0.15, -0.1) is 24.0 Å². The van der Waals surface area contributed by atoms with Gasteiger partial charge in [-0.3, -0.25) is 9.59 Å². The summed E-state index contributed by atoms with van der Waals surface area (Å²) < 4.78 is 0. The van der Waals surface area contributed by atoms with Crippen LogP contribution in [0.25, 0.3) is 0 Å². The number of nitrogens with two attached hydrogens (primary N) is 1. The molecule has 18 heavy (non-hydrogen) atoms. The van der Waals surface area contributed by atoms with Gasteiger partial charge in [-0.25, -0.2) is 0 Å². The number of thiophene rings is 1. The van der Waals surface area contributed by atoms with Gasteiger partial charge in [-0.2, -0.15) is 0 Å². The van der Waals surface area contributed by atoms with E-state index < -0.39 is 5.91 Å². The summed E-state index contributed by atoms with van der Waals surface area (Å²) in [6.45, 7) is 0.00328. The molecule has 0 unspecified atom stereocenters. The highest BCUT2D eigenvalue weighted by Crippen LogP contribution is 2.26. The van der Waals surface area contributed by atoms with Gasteiger partial charge in [0.05, 0.1) is 11.4 Å². The predicted molar refractivity (Wildman–Crippen MR) is 74.1 cm³/mol. The summed E-state index contributed by atoms with van der Waals surface area (Å²) >= 11 is 5.55. The van der Waals surface area contributed by atoms with E-state index in [0.717, 1.165) is 30.6 Å². The molecule has 0 atom stereocenters. The fourth-order valence-corrected chi connectivity index (χ4v) is 3.43. The molecule has 0 aliphatic heterocycles. The molecule has 1 fully saturated rings. The van der Waals surface area contributed by atoms with Crippen molar-refractivity contribution in [3.63, 3.8) is 0 Å². The fraction of sp³-hybridized carbons (Fsp3) is 0.500. The molecule has 1 aliphatic rings. The van der Waals surface area contributed by atoms with E-state index in [-0.39, 0.29) is 18.5 Å². The number of thiol groups is 1. The molecule has 1 saturated carbocycles. The zero-order chi connectivity index (χ0) is 13.1. The lowest BCUT2D eigenvalue weighted by Crippen LogP contribution is -2.43. The summed E-state index contributed by atoms with van der Waals surface area (Å²) in [6.07, 6.45) is 4.13. The molecule has 4 nitrogen and oxygen atoms in total. The highest BCUT2D eigenvalue weighted by molar-refractivity contribution is 7.80. The van der Waals surface area contributed by atoms with Crippen LogP contribution in [0.5, 0.6) is 0 Å². The topological polar surface area (TPSA) is 63.4 Å². The van der Waals surface area contributed by atoms with Crippen molar-refractivity contribution < 1.29 is 9.59 Å². The Labute approximate surface area is 116 Å². The standard InChI is InChI=1S/C12H16N2O2S2/c13-11(15)6-14(8-3-1-2-4-8)12(16)10-5-9(17)7-18-10/h5,7-8,17H,1-4,6H2,(H2,13,15). The van der Waals surface area contributed by atoms with Crippen LogP contribution >= 0.6 is 24.0 Å². The number of primary amides is 1. The first-order valence-corrected chi connectivity index (χ1v) is 7.27. The van der Waals surface area contributed by atoms with Crippen molar-refractivity contribution in [1.29, 1.82) is 0 Å². The Kier molecular flexibility index (Phi) is 4.29. The minimum Gasteiger partial charge on any atom is -0.368 e. The van der Waals surface area contributed by atoms with Gasteiger partial charge < -0.3 is 10.6 Å². The zero-order valence-corrected chi connectivity index (χ0v) is 11.7. The highest BCUT2D eigenvalue weighted by atomic mass is 32.1. The van der Waals surface area contributed by atoms with E-state index in [9.17, 15) is 9.59 Å². The molecule has 6 heteroatoms. The SMILES string of the molecule is NC(=O)CN(C(=O)c1cc(S)cs1)C1CCCC1. The number of nitrogens with zero attached hydrogens (tertiary/aromatic N) is 1. The molecule has 0 bridgehead atoms. The van der Waals surface area contributed by atoms with Crippen LogP contribution in [0.1, 0.15) is 35.4 Å². The molecule has 2 amide bonds. The molecule has 0 saturated heterocycles. The normalized spacial score (nSPS) is 15.8. The third kappa shape index (κ3) is 3.05. The summed E-state index contributed by atoms with van der Waals surface area (Å²) in [5.41, 5.74) is 5.24. The summed E-state index contributed by atoms with van der Waals surface area (Å²) in [5, 5.41) is 1.81. The second kappa shape index (κ2) is 5.75. The molecule has 1 aromatic rings. The number of carbonyl (C=O) groups excluding carboxylic acids is 2. The van der Waals surface area contributed by atoms with E-state index in [2.05, 4.69) is 12.6 Å². The maximum absolute atomic E-state index is 12.4. The summed E-state index contributed by atoms with van der Waals surface area (Å²) in [4.78, 5) is 26.5. The molecule has 0 radical (unpaired) electrons. The van der Waals surface area contributed by atoms with Gasteiger partial charge in [-0.1, -0.05) is 12.8 Å². The van der Waals surface area contributed by atoms with Gasteiger partial charge in [0.1, 0.15) is 0 Å². The lowest BCUT2D eigenvalue weighted by molar-refractivity contribution is -0.119. The van der Waals surface area contributed by atoms with Crippen LogP contribution in [-0.2, 0) is 4.79 Å². The van der Waals surface area contributed by atoms with Crippen LogP contribution in [0.4, 0.5) is 0 Å². The Morgan fingerprint density at radius 2 is 2.11 bits per heavy atom. The van der Waals surface area contributed by atoms with E-state index in [0.29, 0.717) is 4.88 Å². The number of amides is 2. The van der Waals surface area contributed by atoms with Crippen molar-refractivity contribution in [2.75, 3.05) is 6.54 Å². The van der Waals surface area contributed by atoms with Crippen LogP contribution in [0.3, 0.4) is 0 Å². The molecule has 0 spiro atoms. The van der Waals surface area contributed by atoms with E-state index >= 15 is 0 Å². The van der Waals surface area contributed by atoms with E-state index in [4.69, 9.17) is 5.73 Å². The van der Waals surface area contributed by atoms with Crippen molar-refractivity contribution in [2.45, 2.75) is 36.6 Å². The number of hydrogen-bond donors (Lipinski definition) is 2. The molecule has 1 aromatic heterocycles. The second-order valence-corrected chi connectivity index (χ2v) is 5.93. The average molecular weight is 284 g/mol. The minimum absolute atomic E-state index is 0.00328. The quantitative estimate of drug-likeness (QED) is 0.830. The van der Waals surface area contributed by atoms with Gasteiger partial charge in [-0.05, 0) is 18.9 Å². The Hall–Kier alpha value is -1.01. The monoisotopic (exact) mass is 284 g/mol. The maximum atomic E-state index is 12.4. The molecular weight excluding hydrogens is 268 g/mol. The van der Waals surface area contributed by atoms with Crippen molar-refractivity contribution in [3.05, 3.63) is 16.3 Å². The first kappa shape index (κ1) is 13.4. The first-order valence-electron chi connectivity index (χ1n) is 5.94. The fourth-order valence-electron chi connectivity index (χ4n) is 2.33. The predicted octanol–water partition coefficient (Wildman–Crippen LogP) is 1.91. The lowest BCUT2D eigenvalue weighted by Gasteiger charge is -2.27. The smallest absolute Gasteiger partial charge is 0.264 e. The Bertz CT molecular complexity index is 453. The Balaban J connectivity index is 2.17. The summed E-state index contributed by atoms with van der Waals surface area (Å²) in [6, 6.07) is 1.88. The molecule has 1 heterocycles. The largest absolute Gasteiger partial charge is 0.368 e. The molecular formula is C12H16N2O2S2. The van der Waals surface area contributed by atoms with E-state index in [1.165, 1.54) is 11.3 Å². The number of rotatable bonds is 4. The van der Waals surface area contributed by atoms with Crippen LogP contribution in [0.15, 0.2) is 16.3 Å². The maximum Gasteiger partial charge on any atom is 0.264 e. The van der Waals surface area contributed by atoms with Crippen molar-refractivity contribution in [1.82, 2.24) is 4.90 Å². The van der Waals surface area contributed by atoms with E-state index in [1.807, 2.05) is 5.38 Å². The van der Waals surface area contributed by atoms with Crippen molar-refractivity contribution in [3.8, 4) is 0 Å². The van der Waals surface area contributed by atoms with Gasteiger partial charge in [0.2, 0.25) is 5.91 Å². The van der Waals surface area contributed by atoms with Gasteiger partial charge in [0.25, 0.3) is 5.91 Å². The molecule has 1 aliphatic carbocycles. The zero-order valence-electron chi connectivity index (χ0n) is 9.96. The third-order valence-corrected chi connectivity index (χ3v) is 4.50. The van der Waals surface area contributed by atoms with Crippen LogP contribution < -0.4 is 5.73 Å². The summed E-state index contributed by atoms with van der Waals surface area (Å²) in [5.74, 6) is -0.566. The summed E-state index contributed by atoms with van der Waals surface area (Å²) in [7, 11) is 0. The number of hydrogen-bond acceptors (Lipinski definition) is 4. The van der Waals surface area contributed by atoms with E-state index in [1.54, 1.807) is 11.0 Å². The third-order valence-electron chi connectivity index (χ3n) is 3.15. The first-order chi connectivity index (χ1) is 8.58. The lowest BCUT2D eigenvalue weighted by atomic mass is 10.2. The Morgan fingerprint density at radius 3 is 2.61 bits per heavy atom. The van der Waals surface area contributed by atoms with Crippen LogP contribution in [0.2, 0.25) is 0 Å². The molecule has 2 N–H and O–H groups in total. The number of carbonyl (C=O) groups is 2. The van der Waals surface area contributed by atoms with Gasteiger partial charge in [0, 0.05) is 16.3 Å². The van der Waals surface area contributed by atoms with Crippen molar-refractivity contribution >= 4 is 35.8 Å². The van der Waals surface area contributed by atoms with Crippen LogP contribution in [-0.4, -0.2) is 29.3 Å². The van der Waals surface area contributed by atoms with Crippen molar-refractivity contribution in [2.24, 2.45) is 5.73 Å². The molecule has 2 rings (SSSR count). The second-order valence-electron chi connectivity index (χ2n) is 4.51. The highest BCUT2D eigenvalue weighted by Gasteiger charge is 2.29.